The maximum absolute atomic E-state index is 13.3. The van der Waals surface area contributed by atoms with E-state index < -0.39 is 11.6 Å². The summed E-state index contributed by atoms with van der Waals surface area (Å²) in [6, 6.07) is 7.58. The molecule has 2 aromatic rings. The lowest BCUT2D eigenvalue weighted by Crippen LogP contribution is -2.24. The van der Waals surface area contributed by atoms with Gasteiger partial charge in [0, 0.05) is 6.54 Å². The Labute approximate surface area is 110 Å². The zero-order valence-corrected chi connectivity index (χ0v) is 10.5. The van der Waals surface area contributed by atoms with Gasteiger partial charge in [0.2, 0.25) is 5.82 Å². The van der Waals surface area contributed by atoms with Gasteiger partial charge in [-0.25, -0.2) is 4.39 Å². The molecule has 0 amide bonds. The maximum Gasteiger partial charge on any atom is 0.200 e. The topological polar surface area (TPSA) is 34.4 Å². The fraction of sp³-hybridized carbons (Fsp3) is 0.286. The van der Waals surface area contributed by atoms with Crippen molar-refractivity contribution >= 4 is 0 Å². The first-order chi connectivity index (χ1) is 9.18. The van der Waals surface area contributed by atoms with Crippen molar-refractivity contribution < 1.29 is 17.9 Å². The highest BCUT2D eigenvalue weighted by molar-refractivity contribution is 5.24. The summed E-state index contributed by atoms with van der Waals surface area (Å²) in [5, 5.41) is 3.15. The minimum absolute atomic E-state index is 0.0379. The zero-order chi connectivity index (χ0) is 13.7. The molecular formula is C14H15F2NO2. The van der Waals surface area contributed by atoms with Crippen molar-refractivity contribution in [2.75, 3.05) is 13.2 Å². The van der Waals surface area contributed by atoms with Crippen molar-refractivity contribution in [3.8, 4) is 5.75 Å². The first-order valence-electron chi connectivity index (χ1n) is 6.02. The average molecular weight is 267 g/mol. The third-order valence-electron chi connectivity index (χ3n) is 2.70. The molecule has 0 radical (unpaired) electrons. The Bertz CT molecular complexity index is 514. The van der Waals surface area contributed by atoms with Crippen molar-refractivity contribution in [2.24, 2.45) is 0 Å². The van der Waals surface area contributed by atoms with Crippen molar-refractivity contribution in [1.82, 2.24) is 5.32 Å². The Hall–Kier alpha value is -1.88. The van der Waals surface area contributed by atoms with E-state index in [0.717, 1.165) is 11.8 Å². The summed E-state index contributed by atoms with van der Waals surface area (Å²) >= 11 is 0. The van der Waals surface area contributed by atoms with Gasteiger partial charge in [0.1, 0.15) is 12.4 Å². The minimum atomic E-state index is -0.957. The van der Waals surface area contributed by atoms with Crippen LogP contribution in [0.25, 0.3) is 0 Å². The van der Waals surface area contributed by atoms with E-state index in [4.69, 9.17) is 9.15 Å². The van der Waals surface area contributed by atoms with E-state index in [2.05, 4.69) is 5.32 Å². The summed E-state index contributed by atoms with van der Waals surface area (Å²) < 4.78 is 36.6. The van der Waals surface area contributed by atoms with Crippen LogP contribution in [0.15, 0.2) is 41.0 Å². The molecule has 0 aliphatic heterocycles. The van der Waals surface area contributed by atoms with Gasteiger partial charge < -0.3 is 14.5 Å². The summed E-state index contributed by atoms with van der Waals surface area (Å²) in [5.74, 6) is -1.12. The van der Waals surface area contributed by atoms with Crippen molar-refractivity contribution in [3.05, 3.63) is 54.0 Å². The minimum Gasteiger partial charge on any atom is -0.489 e. The first-order valence-corrected chi connectivity index (χ1v) is 6.02. The molecule has 0 saturated heterocycles. The second-order valence-electron chi connectivity index (χ2n) is 4.09. The van der Waals surface area contributed by atoms with Crippen LogP contribution in [0.5, 0.6) is 5.75 Å². The molecule has 1 unspecified atom stereocenters. The van der Waals surface area contributed by atoms with E-state index in [1.165, 1.54) is 12.1 Å². The predicted molar refractivity (Wildman–Crippen MR) is 67.0 cm³/mol. The SMILES string of the molecule is CC(NCCOc1cccc(F)c1F)c1ccco1. The molecule has 0 bridgehead atoms. The molecule has 1 atom stereocenters. The molecule has 0 aliphatic carbocycles. The molecule has 1 aromatic carbocycles. The summed E-state index contributed by atoms with van der Waals surface area (Å²) in [7, 11) is 0. The maximum atomic E-state index is 13.3. The standard InChI is InChI=1S/C14H15F2NO2/c1-10(12-6-3-8-18-12)17-7-9-19-13-5-2-4-11(15)14(13)16/h2-6,8,10,17H,7,9H2,1H3. The van der Waals surface area contributed by atoms with Crippen LogP contribution in [0.3, 0.4) is 0 Å². The normalized spacial score (nSPS) is 12.4. The van der Waals surface area contributed by atoms with Crippen LogP contribution in [-0.4, -0.2) is 13.2 Å². The third kappa shape index (κ3) is 3.54. The number of furan rings is 1. The Morgan fingerprint density at radius 3 is 2.84 bits per heavy atom. The van der Waals surface area contributed by atoms with Gasteiger partial charge in [-0.2, -0.15) is 4.39 Å². The molecule has 3 nitrogen and oxygen atoms in total. The number of ether oxygens (including phenoxy) is 1. The van der Waals surface area contributed by atoms with Crippen molar-refractivity contribution in [3.63, 3.8) is 0 Å². The number of rotatable bonds is 6. The Balaban J connectivity index is 1.76. The number of hydrogen-bond acceptors (Lipinski definition) is 3. The molecule has 0 saturated carbocycles. The lowest BCUT2D eigenvalue weighted by atomic mass is 10.2. The van der Waals surface area contributed by atoms with Crippen LogP contribution in [0.1, 0.15) is 18.7 Å². The number of halogens is 2. The number of hydrogen-bond donors (Lipinski definition) is 1. The Morgan fingerprint density at radius 2 is 2.11 bits per heavy atom. The lowest BCUT2D eigenvalue weighted by Gasteiger charge is -2.12. The van der Waals surface area contributed by atoms with E-state index in [1.54, 1.807) is 6.26 Å². The van der Waals surface area contributed by atoms with E-state index in [0.29, 0.717) is 6.54 Å². The summed E-state index contributed by atoms with van der Waals surface area (Å²) in [6.45, 7) is 2.69. The summed E-state index contributed by atoms with van der Waals surface area (Å²) in [5.41, 5.74) is 0. The third-order valence-corrected chi connectivity index (χ3v) is 2.70. The van der Waals surface area contributed by atoms with Gasteiger partial charge in [-0.3, -0.25) is 0 Å². The average Bonchev–Trinajstić information content (AvgIpc) is 2.93. The van der Waals surface area contributed by atoms with E-state index >= 15 is 0 Å². The van der Waals surface area contributed by atoms with Crippen LogP contribution in [0, 0.1) is 11.6 Å². The van der Waals surface area contributed by atoms with Gasteiger partial charge >= 0.3 is 0 Å². The molecule has 1 N–H and O–H groups in total. The predicted octanol–water partition coefficient (Wildman–Crippen LogP) is 3.29. The summed E-state index contributed by atoms with van der Waals surface area (Å²) in [4.78, 5) is 0. The molecule has 0 fully saturated rings. The highest BCUT2D eigenvalue weighted by atomic mass is 19.2. The molecule has 19 heavy (non-hydrogen) atoms. The molecule has 1 aromatic heterocycles. The number of benzene rings is 1. The van der Waals surface area contributed by atoms with E-state index in [1.807, 2.05) is 19.1 Å². The second kappa shape index (κ2) is 6.33. The molecule has 0 spiro atoms. The van der Waals surface area contributed by atoms with Gasteiger partial charge in [0.15, 0.2) is 11.6 Å². The van der Waals surface area contributed by atoms with Crippen molar-refractivity contribution in [1.29, 1.82) is 0 Å². The fourth-order valence-corrected chi connectivity index (χ4v) is 1.67. The molecule has 0 aliphatic rings. The van der Waals surface area contributed by atoms with Gasteiger partial charge in [0.05, 0.1) is 12.3 Å². The quantitative estimate of drug-likeness (QED) is 0.815. The van der Waals surface area contributed by atoms with E-state index in [9.17, 15) is 8.78 Å². The highest BCUT2D eigenvalue weighted by Gasteiger charge is 2.09. The van der Waals surface area contributed by atoms with Crippen LogP contribution in [0.2, 0.25) is 0 Å². The molecule has 1 heterocycles. The lowest BCUT2D eigenvalue weighted by molar-refractivity contribution is 0.284. The van der Waals surface area contributed by atoms with Crippen LogP contribution < -0.4 is 10.1 Å². The van der Waals surface area contributed by atoms with Crippen molar-refractivity contribution in [2.45, 2.75) is 13.0 Å². The van der Waals surface area contributed by atoms with Gasteiger partial charge in [0.25, 0.3) is 0 Å². The van der Waals surface area contributed by atoms with E-state index in [-0.39, 0.29) is 18.4 Å². The molecule has 2 rings (SSSR count). The second-order valence-corrected chi connectivity index (χ2v) is 4.09. The highest BCUT2D eigenvalue weighted by Crippen LogP contribution is 2.18. The zero-order valence-electron chi connectivity index (χ0n) is 10.5. The smallest absolute Gasteiger partial charge is 0.200 e. The van der Waals surface area contributed by atoms with Crippen LogP contribution in [0.4, 0.5) is 8.78 Å². The van der Waals surface area contributed by atoms with Gasteiger partial charge in [-0.05, 0) is 31.2 Å². The van der Waals surface area contributed by atoms with Crippen LogP contribution >= 0.6 is 0 Å². The molecular weight excluding hydrogens is 252 g/mol. The summed E-state index contributed by atoms with van der Waals surface area (Å²) in [6.07, 6.45) is 1.60. The van der Waals surface area contributed by atoms with Gasteiger partial charge in [-0.15, -0.1) is 0 Å². The number of nitrogens with one attached hydrogen (secondary N) is 1. The molecule has 102 valence electrons. The first kappa shape index (κ1) is 13.5. The Morgan fingerprint density at radius 1 is 1.26 bits per heavy atom. The largest absolute Gasteiger partial charge is 0.489 e. The Kier molecular flexibility index (Phi) is 4.52. The molecule has 5 heteroatoms. The fourth-order valence-electron chi connectivity index (χ4n) is 1.67. The monoisotopic (exact) mass is 267 g/mol. The van der Waals surface area contributed by atoms with Crippen LogP contribution in [-0.2, 0) is 0 Å². The van der Waals surface area contributed by atoms with Gasteiger partial charge in [-0.1, -0.05) is 6.07 Å².